The van der Waals surface area contributed by atoms with Crippen LogP contribution in [0.2, 0.25) is 0 Å². The highest BCUT2D eigenvalue weighted by Gasteiger charge is 2.53. The zero-order chi connectivity index (χ0) is 17.4. The van der Waals surface area contributed by atoms with Gasteiger partial charge in [-0.1, -0.05) is 24.3 Å². The highest BCUT2D eigenvalue weighted by atomic mass is 19.1. The van der Waals surface area contributed by atoms with Gasteiger partial charge in [-0.3, -0.25) is 4.79 Å². The minimum Gasteiger partial charge on any atom is -0.368 e. The van der Waals surface area contributed by atoms with Gasteiger partial charge in [0.15, 0.2) is 0 Å². The fraction of sp³-hybridized carbons (Fsp3) is 0.381. The molecule has 1 saturated carbocycles. The van der Waals surface area contributed by atoms with Crippen molar-refractivity contribution in [1.29, 1.82) is 0 Å². The predicted molar refractivity (Wildman–Crippen MR) is 97.3 cm³/mol. The van der Waals surface area contributed by atoms with Crippen LogP contribution in [-0.4, -0.2) is 37.0 Å². The van der Waals surface area contributed by atoms with Crippen LogP contribution in [0.3, 0.4) is 0 Å². The Hall–Kier alpha value is -2.36. The molecule has 1 aliphatic carbocycles. The van der Waals surface area contributed by atoms with E-state index in [9.17, 15) is 9.18 Å². The average molecular weight is 338 g/mol. The van der Waals surface area contributed by atoms with Gasteiger partial charge < -0.3 is 9.80 Å². The Kier molecular flexibility index (Phi) is 3.98. The first-order valence-electron chi connectivity index (χ1n) is 8.96. The summed E-state index contributed by atoms with van der Waals surface area (Å²) in [5.74, 6) is -0.0400. The van der Waals surface area contributed by atoms with Gasteiger partial charge in [-0.05, 0) is 55.2 Å². The lowest BCUT2D eigenvalue weighted by Gasteiger charge is -2.38. The second kappa shape index (κ2) is 6.17. The van der Waals surface area contributed by atoms with Gasteiger partial charge in [0.1, 0.15) is 5.82 Å². The van der Waals surface area contributed by atoms with E-state index in [-0.39, 0.29) is 11.7 Å². The molecule has 0 spiro atoms. The van der Waals surface area contributed by atoms with Crippen LogP contribution in [0, 0.1) is 12.7 Å². The Balaban J connectivity index is 1.44. The molecular weight excluding hydrogens is 315 g/mol. The van der Waals surface area contributed by atoms with E-state index in [0.29, 0.717) is 0 Å². The minimum absolute atomic E-state index is 0.211. The molecule has 0 aromatic heterocycles. The van der Waals surface area contributed by atoms with Crippen molar-refractivity contribution in [2.24, 2.45) is 0 Å². The minimum atomic E-state index is -0.404. The number of hydrogen-bond donors (Lipinski definition) is 0. The van der Waals surface area contributed by atoms with Gasteiger partial charge in [-0.25, -0.2) is 4.39 Å². The lowest BCUT2D eigenvalue weighted by atomic mass is 9.94. The van der Waals surface area contributed by atoms with Crippen LogP contribution in [0.1, 0.15) is 24.0 Å². The summed E-state index contributed by atoms with van der Waals surface area (Å²) in [6.45, 7) is 5.30. The lowest BCUT2D eigenvalue weighted by Crippen LogP contribution is -2.51. The molecular formula is C21H23FN2O. The van der Waals surface area contributed by atoms with E-state index in [1.807, 2.05) is 4.90 Å². The van der Waals surface area contributed by atoms with E-state index >= 15 is 0 Å². The van der Waals surface area contributed by atoms with Gasteiger partial charge in [0.2, 0.25) is 5.91 Å². The first kappa shape index (κ1) is 16.1. The number of carbonyl (C=O) groups is 1. The lowest BCUT2D eigenvalue weighted by molar-refractivity contribution is -0.134. The molecule has 0 unspecified atom stereocenters. The Labute approximate surface area is 148 Å². The normalized spacial score (nSPS) is 19.0. The largest absolute Gasteiger partial charge is 0.368 e. The SMILES string of the molecule is Cc1cccc(N2CCN(C(=O)C3(c4ccc(F)cc4)CC3)CC2)c1. The summed E-state index contributed by atoms with van der Waals surface area (Å²) in [5, 5.41) is 0. The number of hydrogen-bond acceptors (Lipinski definition) is 2. The number of amides is 1. The summed E-state index contributed by atoms with van der Waals surface area (Å²) in [5.41, 5.74) is 3.04. The molecule has 1 amide bonds. The number of nitrogens with zero attached hydrogens (tertiary/aromatic N) is 2. The number of anilines is 1. The number of rotatable bonds is 3. The third kappa shape index (κ3) is 3.01. The van der Waals surface area contributed by atoms with Crippen LogP contribution in [0.15, 0.2) is 48.5 Å². The van der Waals surface area contributed by atoms with Crippen molar-refractivity contribution >= 4 is 11.6 Å². The Morgan fingerprint density at radius 1 is 1.00 bits per heavy atom. The van der Waals surface area contributed by atoms with Crippen molar-refractivity contribution in [2.45, 2.75) is 25.2 Å². The van der Waals surface area contributed by atoms with E-state index < -0.39 is 5.41 Å². The summed E-state index contributed by atoms with van der Waals surface area (Å²) in [7, 11) is 0. The Morgan fingerprint density at radius 3 is 2.28 bits per heavy atom. The molecule has 2 fully saturated rings. The zero-order valence-electron chi connectivity index (χ0n) is 14.5. The molecule has 4 heteroatoms. The van der Waals surface area contributed by atoms with Crippen molar-refractivity contribution in [2.75, 3.05) is 31.1 Å². The zero-order valence-corrected chi connectivity index (χ0v) is 14.5. The second-order valence-electron chi connectivity index (χ2n) is 7.21. The summed E-state index contributed by atoms with van der Waals surface area (Å²) in [6, 6.07) is 15.0. The van der Waals surface area contributed by atoms with E-state index in [0.717, 1.165) is 44.6 Å². The maximum absolute atomic E-state index is 13.2. The predicted octanol–water partition coefficient (Wildman–Crippen LogP) is 3.51. The first-order chi connectivity index (χ1) is 12.1. The first-order valence-corrected chi connectivity index (χ1v) is 8.96. The molecule has 1 saturated heterocycles. The molecule has 2 aliphatic rings. The van der Waals surface area contributed by atoms with Crippen LogP contribution in [0.25, 0.3) is 0 Å². The van der Waals surface area contributed by atoms with Crippen LogP contribution < -0.4 is 4.90 Å². The monoisotopic (exact) mass is 338 g/mol. The van der Waals surface area contributed by atoms with Crippen LogP contribution in [0.4, 0.5) is 10.1 Å². The Morgan fingerprint density at radius 2 is 1.68 bits per heavy atom. The Bertz CT molecular complexity index is 775. The number of aryl methyl sites for hydroxylation is 1. The maximum atomic E-state index is 13.2. The van der Waals surface area contributed by atoms with Crippen LogP contribution in [-0.2, 0) is 10.2 Å². The van der Waals surface area contributed by atoms with Gasteiger partial charge in [0, 0.05) is 31.9 Å². The topological polar surface area (TPSA) is 23.6 Å². The van der Waals surface area contributed by atoms with Crippen molar-refractivity contribution in [1.82, 2.24) is 4.90 Å². The molecule has 0 radical (unpaired) electrons. The molecule has 3 nitrogen and oxygen atoms in total. The molecule has 1 aliphatic heterocycles. The van der Waals surface area contributed by atoms with E-state index in [2.05, 4.69) is 36.1 Å². The fourth-order valence-corrected chi connectivity index (χ4v) is 3.82. The quantitative estimate of drug-likeness (QED) is 0.855. The van der Waals surface area contributed by atoms with Crippen molar-refractivity contribution < 1.29 is 9.18 Å². The number of benzene rings is 2. The molecule has 1 heterocycles. The summed E-state index contributed by atoms with van der Waals surface area (Å²) < 4.78 is 13.2. The molecule has 0 N–H and O–H groups in total. The van der Waals surface area contributed by atoms with Gasteiger partial charge >= 0.3 is 0 Å². The molecule has 25 heavy (non-hydrogen) atoms. The fourth-order valence-electron chi connectivity index (χ4n) is 3.82. The molecule has 2 aromatic carbocycles. The number of halogens is 1. The molecule has 4 rings (SSSR count). The number of piperazine rings is 1. The van der Waals surface area contributed by atoms with E-state index in [1.165, 1.54) is 23.4 Å². The third-order valence-corrected chi connectivity index (χ3v) is 5.49. The van der Waals surface area contributed by atoms with Gasteiger partial charge in [0.25, 0.3) is 0 Å². The maximum Gasteiger partial charge on any atom is 0.233 e. The smallest absolute Gasteiger partial charge is 0.233 e. The van der Waals surface area contributed by atoms with Crippen molar-refractivity contribution in [3.05, 3.63) is 65.5 Å². The molecule has 2 aromatic rings. The molecule has 0 bridgehead atoms. The van der Waals surface area contributed by atoms with Gasteiger partial charge in [-0.2, -0.15) is 0 Å². The summed E-state index contributed by atoms with van der Waals surface area (Å²) >= 11 is 0. The van der Waals surface area contributed by atoms with Gasteiger partial charge in [0.05, 0.1) is 5.41 Å². The van der Waals surface area contributed by atoms with E-state index in [1.54, 1.807) is 12.1 Å². The van der Waals surface area contributed by atoms with Crippen LogP contribution >= 0.6 is 0 Å². The average Bonchev–Trinajstić information content (AvgIpc) is 3.44. The highest BCUT2D eigenvalue weighted by molar-refractivity contribution is 5.91. The van der Waals surface area contributed by atoms with Crippen molar-refractivity contribution in [3.8, 4) is 0 Å². The third-order valence-electron chi connectivity index (χ3n) is 5.49. The molecule has 130 valence electrons. The second-order valence-corrected chi connectivity index (χ2v) is 7.21. The highest BCUT2D eigenvalue weighted by Crippen LogP contribution is 2.49. The molecule has 0 atom stereocenters. The van der Waals surface area contributed by atoms with E-state index in [4.69, 9.17) is 0 Å². The van der Waals surface area contributed by atoms with Gasteiger partial charge in [-0.15, -0.1) is 0 Å². The summed E-state index contributed by atoms with van der Waals surface area (Å²) in [6.07, 6.45) is 1.74. The van der Waals surface area contributed by atoms with Crippen LogP contribution in [0.5, 0.6) is 0 Å². The summed E-state index contributed by atoms with van der Waals surface area (Å²) in [4.78, 5) is 17.4. The van der Waals surface area contributed by atoms with Crippen molar-refractivity contribution in [3.63, 3.8) is 0 Å². The number of carbonyl (C=O) groups excluding carboxylic acids is 1. The standard InChI is InChI=1S/C21H23FN2O/c1-16-3-2-4-19(15-16)23-11-13-24(14-12-23)20(25)21(9-10-21)17-5-7-18(22)8-6-17/h2-8,15H,9-14H2,1H3.